The van der Waals surface area contributed by atoms with Crippen LogP contribution >= 0.6 is 0 Å². The topological polar surface area (TPSA) is 105 Å². The molecule has 2 aliphatic rings. The molecule has 0 aromatic heterocycles. The van der Waals surface area contributed by atoms with E-state index in [9.17, 15) is 19.2 Å². The molecule has 4 rings (SSSR count). The first-order valence-electron chi connectivity index (χ1n) is 11.2. The van der Waals surface area contributed by atoms with Gasteiger partial charge in [0.1, 0.15) is 12.1 Å². The number of hydrogen-bond donors (Lipinski definition) is 2. The van der Waals surface area contributed by atoms with Crippen LogP contribution in [0.3, 0.4) is 0 Å². The molecule has 0 atom stereocenters. The zero-order chi connectivity index (χ0) is 23.4. The Bertz CT molecular complexity index is 1080. The predicted octanol–water partition coefficient (Wildman–Crippen LogP) is 3.72. The molecule has 33 heavy (non-hydrogen) atoms. The molecule has 1 spiro atoms. The molecule has 1 heterocycles. The number of carbonyl (C=O) groups excluding carboxylic acids is 4. The monoisotopic (exact) mass is 449 g/mol. The molecule has 1 aliphatic carbocycles. The van der Waals surface area contributed by atoms with Gasteiger partial charge in [0.15, 0.2) is 0 Å². The Balaban J connectivity index is 1.53. The molecule has 2 N–H and O–H groups in total. The van der Waals surface area contributed by atoms with E-state index in [-0.39, 0.29) is 23.8 Å². The number of ether oxygens (including phenoxy) is 1. The van der Waals surface area contributed by atoms with Crippen LogP contribution in [0.25, 0.3) is 11.1 Å². The van der Waals surface area contributed by atoms with Crippen molar-refractivity contribution in [3.8, 4) is 11.1 Å². The largest absolute Gasteiger partial charge is 0.462 e. The van der Waals surface area contributed by atoms with Crippen molar-refractivity contribution in [2.75, 3.05) is 18.5 Å². The van der Waals surface area contributed by atoms with Gasteiger partial charge in [-0.25, -0.2) is 9.59 Å². The Morgan fingerprint density at radius 2 is 1.76 bits per heavy atom. The fraction of sp³-hybridized carbons (Fsp3) is 0.360. The van der Waals surface area contributed by atoms with Crippen molar-refractivity contribution in [2.45, 2.75) is 44.6 Å². The van der Waals surface area contributed by atoms with Crippen LogP contribution in [-0.2, 0) is 14.3 Å². The minimum atomic E-state index is -0.886. The van der Waals surface area contributed by atoms with Gasteiger partial charge < -0.3 is 15.4 Å². The molecule has 2 aromatic carbocycles. The van der Waals surface area contributed by atoms with Crippen molar-refractivity contribution in [1.82, 2.24) is 10.2 Å². The van der Waals surface area contributed by atoms with Gasteiger partial charge >= 0.3 is 12.0 Å². The summed E-state index contributed by atoms with van der Waals surface area (Å²) in [6, 6.07) is 14.0. The Morgan fingerprint density at radius 1 is 1.03 bits per heavy atom. The number of nitrogens with zero attached hydrogens (tertiary/aromatic N) is 1. The summed E-state index contributed by atoms with van der Waals surface area (Å²) >= 11 is 0. The predicted molar refractivity (Wildman–Crippen MR) is 123 cm³/mol. The second-order valence-electron chi connectivity index (χ2n) is 8.36. The number of amides is 4. The minimum absolute atomic E-state index is 0.187. The summed E-state index contributed by atoms with van der Waals surface area (Å²) in [4.78, 5) is 51.7. The van der Waals surface area contributed by atoms with Crippen molar-refractivity contribution in [3.05, 3.63) is 54.1 Å². The maximum Gasteiger partial charge on any atom is 0.340 e. The molecular weight excluding hydrogens is 422 g/mol. The molecule has 172 valence electrons. The Labute approximate surface area is 192 Å². The van der Waals surface area contributed by atoms with Crippen LogP contribution in [0, 0.1) is 0 Å². The van der Waals surface area contributed by atoms with E-state index in [1.807, 2.05) is 30.3 Å². The number of rotatable bonds is 6. The lowest BCUT2D eigenvalue weighted by Gasteiger charge is -2.30. The van der Waals surface area contributed by atoms with Crippen LogP contribution in [-0.4, -0.2) is 47.4 Å². The maximum absolute atomic E-state index is 12.9. The highest BCUT2D eigenvalue weighted by Gasteiger charge is 2.51. The molecule has 8 heteroatoms. The SMILES string of the molecule is CCOC(=O)c1cc(-c2ccccc2)ccc1NC(=O)CN1C(=O)NC2(CCCCC2)C1=O. The molecule has 1 saturated heterocycles. The molecule has 2 fully saturated rings. The highest BCUT2D eigenvalue weighted by molar-refractivity contribution is 6.11. The number of esters is 1. The van der Waals surface area contributed by atoms with Gasteiger partial charge in [-0.15, -0.1) is 0 Å². The molecule has 8 nitrogen and oxygen atoms in total. The fourth-order valence-corrected chi connectivity index (χ4v) is 4.49. The smallest absolute Gasteiger partial charge is 0.340 e. The standard InChI is InChI=1S/C25H27N3O5/c1-2-33-22(30)19-15-18(17-9-5-3-6-10-17)11-12-20(19)26-21(29)16-28-23(31)25(27-24(28)32)13-7-4-8-14-25/h3,5-6,9-12,15H,2,4,7-8,13-14,16H2,1H3,(H,26,29)(H,27,32). The average Bonchev–Trinajstić information content (AvgIpc) is 3.04. The Hall–Kier alpha value is -3.68. The second kappa shape index (κ2) is 9.44. The second-order valence-corrected chi connectivity index (χ2v) is 8.36. The lowest BCUT2D eigenvalue weighted by Crippen LogP contribution is -2.48. The lowest BCUT2D eigenvalue weighted by atomic mass is 9.82. The van der Waals surface area contributed by atoms with Crippen LogP contribution in [0.5, 0.6) is 0 Å². The summed E-state index contributed by atoms with van der Waals surface area (Å²) in [6.07, 6.45) is 3.93. The summed E-state index contributed by atoms with van der Waals surface area (Å²) in [5.41, 5.74) is 1.29. The Kier molecular flexibility index (Phi) is 6.44. The van der Waals surface area contributed by atoms with Crippen LogP contribution in [0.4, 0.5) is 10.5 Å². The van der Waals surface area contributed by atoms with Crippen LogP contribution in [0.15, 0.2) is 48.5 Å². The molecule has 0 bridgehead atoms. The van der Waals surface area contributed by atoms with E-state index in [2.05, 4.69) is 10.6 Å². The Morgan fingerprint density at radius 3 is 2.45 bits per heavy atom. The molecule has 4 amide bonds. The van der Waals surface area contributed by atoms with E-state index < -0.39 is 30.0 Å². The number of carbonyl (C=O) groups is 4. The van der Waals surface area contributed by atoms with Crippen LogP contribution in [0.1, 0.15) is 49.4 Å². The molecule has 2 aromatic rings. The molecule has 0 radical (unpaired) electrons. The number of anilines is 1. The summed E-state index contributed by atoms with van der Waals surface area (Å²) in [6.45, 7) is 1.47. The third kappa shape index (κ3) is 4.60. The maximum atomic E-state index is 12.9. The quantitative estimate of drug-likeness (QED) is 0.517. The zero-order valence-corrected chi connectivity index (χ0v) is 18.6. The van der Waals surface area contributed by atoms with E-state index in [0.717, 1.165) is 35.3 Å². The summed E-state index contributed by atoms with van der Waals surface area (Å²) in [5, 5.41) is 5.47. The third-order valence-electron chi connectivity index (χ3n) is 6.15. The minimum Gasteiger partial charge on any atom is -0.462 e. The normalized spacial score (nSPS) is 17.1. The molecule has 0 unspecified atom stereocenters. The van der Waals surface area contributed by atoms with Gasteiger partial charge in [-0.05, 0) is 43.0 Å². The first kappa shape index (κ1) is 22.5. The van der Waals surface area contributed by atoms with E-state index in [0.29, 0.717) is 12.8 Å². The van der Waals surface area contributed by atoms with E-state index in [1.165, 1.54) is 0 Å². The lowest BCUT2D eigenvalue weighted by molar-refractivity contribution is -0.134. The zero-order valence-electron chi connectivity index (χ0n) is 18.6. The molecule has 1 saturated carbocycles. The highest BCUT2D eigenvalue weighted by atomic mass is 16.5. The van der Waals surface area contributed by atoms with Crippen LogP contribution < -0.4 is 10.6 Å². The first-order chi connectivity index (χ1) is 15.9. The van der Waals surface area contributed by atoms with Gasteiger partial charge in [0.05, 0.1) is 17.9 Å². The van der Waals surface area contributed by atoms with Gasteiger partial charge in [-0.1, -0.05) is 55.7 Å². The van der Waals surface area contributed by atoms with Gasteiger partial charge in [0.25, 0.3) is 5.91 Å². The highest BCUT2D eigenvalue weighted by Crippen LogP contribution is 2.33. The van der Waals surface area contributed by atoms with E-state index >= 15 is 0 Å². The number of benzene rings is 2. The number of hydrogen-bond acceptors (Lipinski definition) is 5. The van der Waals surface area contributed by atoms with Crippen molar-refractivity contribution in [1.29, 1.82) is 0 Å². The van der Waals surface area contributed by atoms with Crippen molar-refractivity contribution >= 4 is 29.5 Å². The molecule has 1 aliphatic heterocycles. The third-order valence-corrected chi connectivity index (χ3v) is 6.15. The van der Waals surface area contributed by atoms with E-state index in [1.54, 1.807) is 25.1 Å². The average molecular weight is 450 g/mol. The van der Waals surface area contributed by atoms with Gasteiger partial charge in [0, 0.05) is 0 Å². The van der Waals surface area contributed by atoms with Crippen molar-refractivity contribution < 1.29 is 23.9 Å². The van der Waals surface area contributed by atoms with Crippen LogP contribution in [0.2, 0.25) is 0 Å². The fourth-order valence-electron chi connectivity index (χ4n) is 4.49. The van der Waals surface area contributed by atoms with Gasteiger partial charge in [-0.3, -0.25) is 14.5 Å². The van der Waals surface area contributed by atoms with E-state index in [4.69, 9.17) is 4.74 Å². The van der Waals surface area contributed by atoms with Gasteiger partial charge in [-0.2, -0.15) is 0 Å². The van der Waals surface area contributed by atoms with Crippen molar-refractivity contribution in [2.24, 2.45) is 0 Å². The number of urea groups is 1. The van der Waals surface area contributed by atoms with Crippen molar-refractivity contribution in [3.63, 3.8) is 0 Å². The first-order valence-corrected chi connectivity index (χ1v) is 11.2. The number of nitrogens with one attached hydrogen (secondary N) is 2. The van der Waals surface area contributed by atoms with Gasteiger partial charge in [0.2, 0.25) is 5.91 Å². The summed E-state index contributed by atoms with van der Waals surface area (Å²) in [7, 11) is 0. The summed E-state index contributed by atoms with van der Waals surface area (Å²) in [5.74, 6) is -1.49. The number of imide groups is 1. The summed E-state index contributed by atoms with van der Waals surface area (Å²) < 4.78 is 5.16. The molecular formula is C25H27N3O5.